The highest BCUT2D eigenvalue weighted by Gasteiger charge is 2.31. The Kier molecular flexibility index (Phi) is 7.35. The van der Waals surface area contributed by atoms with E-state index < -0.39 is 15.9 Å². The summed E-state index contributed by atoms with van der Waals surface area (Å²) in [5.41, 5.74) is 0.359. The van der Waals surface area contributed by atoms with Crippen molar-refractivity contribution in [3.63, 3.8) is 0 Å². The van der Waals surface area contributed by atoms with Gasteiger partial charge in [0.15, 0.2) is 0 Å². The quantitative estimate of drug-likeness (QED) is 0.666. The molecule has 1 saturated heterocycles. The highest BCUT2D eigenvalue weighted by Crippen LogP contribution is 2.28. The van der Waals surface area contributed by atoms with Crippen LogP contribution in [0.4, 0.5) is 0 Å². The van der Waals surface area contributed by atoms with Crippen LogP contribution in [0.3, 0.4) is 0 Å². The van der Waals surface area contributed by atoms with Crippen molar-refractivity contribution in [3.8, 4) is 5.75 Å². The monoisotopic (exact) mass is 471 g/mol. The van der Waals surface area contributed by atoms with Crippen LogP contribution < -0.4 is 10.1 Å². The summed E-state index contributed by atoms with van der Waals surface area (Å²) >= 11 is 6.85. The number of benzene rings is 1. The van der Waals surface area contributed by atoms with E-state index in [1.54, 1.807) is 35.2 Å². The lowest BCUT2D eigenvalue weighted by Crippen LogP contribution is -2.52. The minimum Gasteiger partial charge on any atom is -0.493 e. The Labute approximate surface area is 184 Å². The van der Waals surface area contributed by atoms with Crippen LogP contribution in [0.5, 0.6) is 5.75 Å². The van der Waals surface area contributed by atoms with Crippen molar-refractivity contribution in [1.82, 2.24) is 14.5 Å². The van der Waals surface area contributed by atoms with Gasteiger partial charge in [-0.05, 0) is 31.2 Å². The molecule has 11 heteroatoms. The Balaban J connectivity index is 1.53. The lowest BCUT2D eigenvalue weighted by atomic mass is 10.2. The number of hydrogen-bond acceptors (Lipinski definition) is 6. The first-order valence-corrected chi connectivity index (χ1v) is 12.0. The molecule has 2 aromatic rings. The maximum absolute atomic E-state index is 12.6. The Hall–Kier alpha value is -2.14. The van der Waals surface area contributed by atoms with Gasteiger partial charge in [0.1, 0.15) is 9.96 Å². The highest BCUT2D eigenvalue weighted by molar-refractivity contribution is 7.91. The molecule has 0 radical (unpaired) electrons. The molecule has 0 spiro atoms. The molecule has 2 amide bonds. The number of hydrogen-bond donors (Lipinski definition) is 1. The molecule has 2 heterocycles. The summed E-state index contributed by atoms with van der Waals surface area (Å²) in [5, 5.41) is 2.61. The van der Waals surface area contributed by atoms with E-state index in [0.717, 1.165) is 11.3 Å². The van der Waals surface area contributed by atoms with Gasteiger partial charge in [-0.15, -0.1) is 11.3 Å². The lowest BCUT2D eigenvalue weighted by Gasteiger charge is -2.33. The van der Waals surface area contributed by atoms with E-state index in [1.807, 2.05) is 6.92 Å². The SMILES string of the molecule is CCOc1ccccc1C(=O)NCC(=O)N1CCN(S(=O)(=O)c2ccc(Cl)s2)CC1. The van der Waals surface area contributed by atoms with E-state index in [0.29, 0.717) is 22.3 Å². The summed E-state index contributed by atoms with van der Waals surface area (Å²) in [6, 6.07) is 9.84. The number of carbonyl (C=O) groups is 2. The number of halogens is 1. The fraction of sp³-hybridized carbons (Fsp3) is 0.368. The molecule has 0 saturated carbocycles. The molecule has 0 unspecified atom stereocenters. The molecule has 30 heavy (non-hydrogen) atoms. The van der Waals surface area contributed by atoms with Crippen LogP contribution in [0.25, 0.3) is 0 Å². The van der Waals surface area contributed by atoms with Crippen molar-refractivity contribution >= 4 is 44.8 Å². The van der Waals surface area contributed by atoms with Crippen molar-refractivity contribution in [1.29, 1.82) is 0 Å². The number of thiophene rings is 1. The maximum atomic E-state index is 12.6. The number of carbonyl (C=O) groups excluding carboxylic acids is 2. The second-order valence-electron chi connectivity index (χ2n) is 6.46. The van der Waals surface area contributed by atoms with E-state index in [9.17, 15) is 18.0 Å². The van der Waals surface area contributed by atoms with Crippen molar-refractivity contribution in [3.05, 3.63) is 46.3 Å². The molecule has 1 N–H and O–H groups in total. The Morgan fingerprint density at radius 3 is 2.47 bits per heavy atom. The predicted molar refractivity (Wildman–Crippen MR) is 115 cm³/mol. The third kappa shape index (κ3) is 5.12. The normalized spacial score (nSPS) is 15.1. The highest BCUT2D eigenvalue weighted by atomic mass is 35.5. The second-order valence-corrected chi connectivity index (χ2v) is 10.3. The van der Waals surface area contributed by atoms with Crippen LogP contribution >= 0.6 is 22.9 Å². The molecule has 0 atom stereocenters. The van der Waals surface area contributed by atoms with Crippen LogP contribution in [0, 0.1) is 0 Å². The number of ether oxygens (including phenoxy) is 1. The molecule has 1 aromatic heterocycles. The Bertz CT molecular complexity index is 1020. The molecule has 162 valence electrons. The first kappa shape index (κ1) is 22.5. The summed E-state index contributed by atoms with van der Waals surface area (Å²) in [7, 11) is -3.62. The largest absolute Gasteiger partial charge is 0.493 e. The first-order chi connectivity index (χ1) is 14.3. The zero-order chi connectivity index (χ0) is 21.7. The molecule has 1 aromatic carbocycles. The first-order valence-electron chi connectivity index (χ1n) is 9.36. The van der Waals surface area contributed by atoms with E-state index in [1.165, 1.54) is 10.4 Å². The van der Waals surface area contributed by atoms with E-state index in [2.05, 4.69) is 5.32 Å². The van der Waals surface area contributed by atoms with Crippen molar-refractivity contribution in [2.24, 2.45) is 0 Å². The molecule has 0 bridgehead atoms. The summed E-state index contributed by atoms with van der Waals surface area (Å²) in [5.74, 6) is -0.214. The third-order valence-electron chi connectivity index (χ3n) is 4.57. The van der Waals surface area contributed by atoms with E-state index >= 15 is 0 Å². The van der Waals surface area contributed by atoms with Crippen LogP contribution in [0.2, 0.25) is 4.34 Å². The zero-order valence-electron chi connectivity index (χ0n) is 16.3. The summed E-state index contributed by atoms with van der Waals surface area (Å²) in [6.45, 7) is 2.95. The van der Waals surface area contributed by atoms with Crippen molar-refractivity contribution < 1.29 is 22.7 Å². The van der Waals surface area contributed by atoms with Gasteiger partial charge in [-0.3, -0.25) is 9.59 Å². The van der Waals surface area contributed by atoms with Gasteiger partial charge < -0.3 is 15.0 Å². The van der Waals surface area contributed by atoms with Crippen LogP contribution in [-0.2, 0) is 14.8 Å². The number of nitrogens with one attached hydrogen (secondary N) is 1. The molecule has 1 aliphatic rings. The fourth-order valence-corrected chi connectivity index (χ4v) is 6.10. The average molecular weight is 472 g/mol. The van der Waals surface area contributed by atoms with Gasteiger partial charge in [0, 0.05) is 26.2 Å². The molecule has 1 aliphatic heterocycles. The maximum Gasteiger partial charge on any atom is 0.255 e. The summed E-state index contributed by atoms with van der Waals surface area (Å²) < 4.78 is 32.7. The lowest BCUT2D eigenvalue weighted by molar-refractivity contribution is -0.131. The molecule has 8 nitrogen and oxygen atoms in total. The van der Waals surface area contributed by atoms with Gasteiger partial charge in [-0.2, -0.15) is 4.31 Å². The average Bonchev–Trinajstić information content (AvgIpc) is 3.20. The minimum absolute atomic E-state index is 0.174. The van der Waals surface area contributed by atoms with Crippen LogP contribution in [0.15, 0.2) is 40.6 Å². The van der Waals surface area contributed by atoms with E-state index in [-0.39, 0.29) is 42.8 Å². The summed E-state index contributed by atoms with van der Waals surface area (Å²) in [6.07, 6.45) is 0. The van der Waals surface area contributed by atoms with E-state index in [4.69, 9.17) is 16.3 Å². The van der Waals surface area contributed by atoms with Crippen molar-refractivity contribution in [2.45, 2.75) is 11.1 Å². The molecular weight excluding hydrogens is 450 g/mol. The topological polar surface area (TPSA) is 96.0 Å². The number of rotatable bonds is 7. The predicted octanol–water partition coefficient (Wildman–Crippen LogP) is 2.06. The molecule has 1 fully saturated rings. The van der Waals surface area contributed by atoms with Gasteiger partial charge in [0.25, 0.3) is 15.9 Å². The Morgan fingerprint density at radius 2 is 1.83 bits per heavy atom. The number of sulfonamides is 1. The number of para-hydroxylation sites is 1. The molecule has 3 rings (SSSR count). The van der Waals surface area contributed by atoms with Gasteiger partial charge in [-0.1, -0.05) is 23.7 Å². The minimum atomic E-state index is -3.62. The van der Waals surface area contributed by atoms with Gasteiger partial charge in [0.05, 0.1) is 23.1 Å². The summed E-state index contributed by atoms with van der Waals surface area (Å²) in [4.78, 5) is 26.4. The third-order valence-corrected chi connectivity index (χ3v) is 8.16. The molecular formula is C19H22ClN3O5S2. The Morgan fingerprint density at radius 1 is 1.13 bits per heavy atom. The number of amides is 2. The van der Waals surface area contributed by atoms with Crippen molar-refractivity contribution in [2.75, 3.05) is 39.3 Å². The van der Waals surface area contributed by atoms with Crippen LogP contribution in [-0.4, -0.2) is 68.8 Å². The van der Waals surface area contributed by atoms with Gasteiger partial charge in [-0.25, -0.2) is 8.42 Å². The number of nitrogens with zero attached hydrogens (tertiary/aromatic N) is 2. The zero-order valence-corrected chi connectivity index (χ0v) is 18.7. The standard InChI is InChI=1S/C19H22ClN3O5S2/c1-2-28-15-6-4-3-5-14(15)19(25)21-13-17(24)22-9-11-23(12-10-22)30(26,27)18-8-7-16(20)29-18/h3-8H,2,9-13H2,1H3,(H,21,25). The van der Waals surface area contributed by atoms with Gasteiger partial charge in [0.2, 0.25) is 5.91 Å². The van der Waals surface area contributed by atoms with Crippen LogP contribution in [0.1, 0.15) is 17.3 Å². The number of piperazine rings is 1. The van der Waals surface area contributed by atoms with Gasteiger partial charge >= 0.3 is 0 Å². The molecule has 0 aliphatic carbocycles. The second kappa shape index (κ2) is 9.78. The smallest absolute Gasteiger partial charge is 0.255 e. The fourth-order valence-electron chi connectivity index (χ4n) is 3.04.